The summed E-state index contributed by atoms with van der Waals surface area (Å²) < 4.78 is 33.4. The third kappa shape index (κ3) is 4.95. The summed E-state index contributed by atoms with van der Waals surface area (Å²) in [6, 6.07) is 14.8. The molecule has 0 aliphatic heterocycles. The molecule has 1 heterocycles. The van der Waals surface area contributed by atoms with Crippen LogP contribution in [-0.2, 0) is 16.6 Å². The molecule has 3 aromatic rings. The summed E-state index contributed by atoms with van der Waals surface area (Å²) in [5, 5.41) is 9.42. The highest BCUT2D eigenvalue weighted by molar-refractivity contribution is 7.98. The van der Waals surface area contributed by atoms with E-state index >= 15 is 0 Å². The number of benzene rings is 2. The molecule has 3 rings (SSSR count). The summed E-state index contributed by atoms with van der Waals surface area (Å²) in [5.74, 6) is -0.572. The minimum absolute atomic E-state index is 0.0103. The van der Waals surface area contributed by atoms with Crippen molar-refractivity contribution in [2.24, 2.45) is 0 Å². The maximum absolute atomic E-state index is 13.6. The monoisotopic (exact) mass is 460 g/mol. The molecule has 11 heteroatoms. The SMILES string of the molecule is COc1ccc(S(=O)(=O)N(Cc2ccccc2)c2nc(SC)ncc2C(=O)NO)cc1. The molecule has 0 aliphatic carbocycles. The molecule has 1 amide bonds. The third-order valence-electron chi connectivity index (χ3n) is 4.33. The number of methoxy groups -OCH3 is 1. The van der Waals surface area contributed by atoms with Gasteiger partial charge in [-0.15, -0.1) is 0 Å². The Hall–Kier alpha value is -3.15. The Balaban J connectivity index is 2.20. The number of nitrogens with zero attached hydrogens (tertiary/aromatic N) is 3. The molecule has 162 valence electrons. The van der Waals surface area contributed by atoms with Gasteiger partial charge in [0.2, 0.25) is 0 Å². The molecule has 9 nitrogen and oxygen atoms in total. The van der Waals surface area contributed by atoms with Gasteiger partial charge in [-0.3, -0.25) is 10.0 Å². The smallest absolute Gasteiger partial charge is 0.280 e. The number of rotatable bonds is 8. The lowest BCUT2D eigenvalue weighted by Gasteiger charge is -2.25. The van der Waals surface area contributed by atoms with Crippen molar-refractivity contribution >= 4 is 33.5 Å². The van der Waals surface area contributed by atoms with Crippen molar-refractivity contribution in [3.63, 3.8) is 0 Å². The average Bonchev–Trinajstić information content (AvgIpc) is 2.82. The van der Waals surface area contributed by atoms with Crippen LogP contribution in [-0.4, -0.2) is 42.9 Å². The van der Waals surface area contributed by atoms with Crippen LogP contribution in [0.25, 0.3) is 0 Å². The topological polar surface area (TPSA) is 122 Å². The summed E-state index contributed by atoms with van der Waals surface area (Å²) in [4.78, 5) is 20.6. The van der Waals surface area contributed by atoms with Crippen molar-refractivity contribution in [2.75, 3.05) is 17.7 Å². The van der Waals surface area contributed by atoms with E-state index in [1.807, 2.05) is 6.07 Å². The number of sulfonamides is 1. The number of hydrogen-bond acceptors (Lipinski definition) is 8. The number of thioether (sulfide) groups is 1. The third-order valence-corrected chi connectivity index (χ3v) is 6.64. The Kier molecular flexibility index (Phi) is 7.10. The van der Waals surface area contributed by atoms with E-state index in [4.69, 9.17) is 9.94 Å². The number of hydrogen-bond donors (Lipinski definition) is 2. The van der Waals surface area contributed by atoms with Crippen molar-refractivity contribution in [3.05, 3.63) is 71.9 Å². The van der Waals surface area contributed by atoms with Crippen LogP contribution in [0.3, 0.4) is 0 Å². The lowest BCUT2D eigenvalue weighted by molar-refractivity contribution is 0.0706. The molecule has 0 unspecified atom stereocenters. The fourth-order valence-corrected chi connectivity index (χ4v) is 4.52. The molecule has 2 aromatic carbocycles. The summed E-state index contributed by atoms with van der Waals surface area (Å²) in [7, 11) is -2.67. The van der Waals surface area contributed by atoms with E-state index in [0.29, 0.717) is 11.3 Å². The zero-order valence-corrected chi connectivity index (χ0v) is 18.4. The summed E-state index contributed by atoms with van der Waals surface area (Å²) >= 11 is 1.19. The number of ether oxygens (including phenoxy) is 1. The summed E-state index contributed by atoms with van der Waals surface area (Å²) in [6.45, 7) is -0.0915. The van der Waals surface area contributed by atoms with Gasteiger partial charge < -0.3 is 4.74 Å². The molecule has 31 heavy (non-hydrogen) atoms. The molecular formula is C20H20N4O5S2. The van der Waals surface area contributed by atoms with Gasteiger partial charge in [0.1, 0.15) is 11.3 Å². The van der Waals surface area contributed by atoms with Gasteiger partial charge in [0, 0.05) is 6.20 Å². The van der Waals surface area contributed by atoms with Crippen molar-refractivity contribution in [1.29, 1.82) is 0 Å². The minimum Gasteiger partial charge on any atom is -0.497 e. The standard InChI is InChI=1S/C20H20N4O5S2/c1-29-15-8-10-16(11-9-15)31(27,28)24(13-14-6-4-3-5-7-14)18-17(19(25)23-26)12-21-20(22-18)30-2/h3-12,26H,13H2,1-2H3,(H,23,25). The molecule has 2 N–H and O–H groups in total. The normalized spacial score (nSPS) is 11.1. The molecular weight excluding hydrogens is 440 g/mol. The quantitative estimate of drug-likeness (QED) is 0.228. The van der Waals surface area contributed by atoms with Crippen LogP contribution in [0.5, 0.6) is 5.75 Å². The molecule has 1 aromatic heterocycles. The molecule has 0 saturated carbocycles. The lowest BCUT2D eigenvalue weighted by atomic mass is 10.2. The van der Waals surface area contributed by atoms with E-state index in [1.54, 1.807) is 30.5 Å². The van der Waals surface area contributed by atoms with Crippen molar-refractivity contribution < 1.29 is 23.2 Å². The molecule has 0 fully saturated rings. The van der Waals surface area contributed by atoms with Crippen LogP contribution in [0, 0.1) is 0 Å². The number of anilines is 1. The zero-order chi connectivity index (χ0) is 22.4. The number of carbonyl (C=O) groups is 1. The molecule has 0 aliphatic rings. The lowest BCUT2D eigenvalue weighted by Crippen LogP contribution is -2.34. The van der Waals surface area contributed by atoms with Crippen molar-refractivity contribution in [2.45, 2.75) is 16.6 Å². The second-order valence-corrected chi connectivity index (χ2v) is 8.84. The van der Waals surface area contributed by atoms with Gasteiger partial charge in [-0.25, -0.2) is 28.2 Å². The van der Waals surface area contributed by atoms with E-state index in [1.165, 1.54) is 54.8 Å². The highest BCUT2D eigenvalue weighted by Crippen LogP contribution is 2.29. The van der Waals surface area contributed by atoms with Crippen LogP contribution in [0.2, 0.25) is 0 Å². The predicted molar refractivity (Wildman–Crippen MR) is 116 cm³/mol. The van der Waals surface area contributed by atoms with E-state index in [2.05, 4.69) is 9.97 Å². The van der Waals surface area contributed by atoms with Gasteiger partial charge in [-0.2, -0.15) is 0 Å². The minimum atomic E-state index is -4.15. The van der Waals surface area contributed by atoms with Gasteiger partial charge in [0.05, 0.1) is 18.6 Å². The highest BCUT2D eigenvalue weighted by Gasteiger charge is 2.31. The number of amides is 1. The molecule has 0 spiro atoms. The average molecular weight is 461 g/mol. The first-order valence-corrected chi connectivity index (χ1v) is 11.6. The Morgan fingerprint density at radius 3 is 2.42 bits per heavy atom. The maximum Gasteiger partial charge on any atom is 0.280 e. The predicted octanol–water partition coefficient (Wildman–Crippen LogP) is 2.72. The maximum atomic E-state index is 13.6. The van der Waals surface area contributed by atoms with Crippen LogP contribution < -0.4 is 14.5 Å². The van der Waals surface area contributed by atoms with Crippen LogP contribution in [0.15, 0.2) is 70.8 Å². The summed E-state index contributed by atoms with van der Waals surface area (Å²) in [5.41, 5.74) is 2.01. The van der Waals surface area contributed by atoms with E-state index in [-0.39, 0.29) is 28.0 Å². The first kappa shape index (κ1) is 22.5. The highest BCUT2D eigenvalue weighted by atomic mass is 32.2. The van der Waals surface area contributed by atoms with E-state index in [0.717, 1.165) is 4.31 Å². The molecule has 0 atom stereocenters. The second-order valence-electron chi connectivity index (χ2n) is 6.21. The zero-order valence-electron chi connectivity index (χ0n) is 16.7. The van der Waals surface area contributed by atoms with Gasteiger partial charge in [-0.05, 0) is 36.1 Å². The van der Waals surface area contributed by atoms with Crippen molar-refractivity contribution in [1.82, 2.24) is 15.4 Å². The van der Waals surface area contributed by atoms with Crippen LogP contribution in [0.4, 0.5) is 5.82 Å². The number of carbonyl (C=O) groups excluding carboxylic acids is 1. The van der Waals surface area contributed by atoms with Gasteiger partial charge >= 0.3 is 0 Å². The first-order valence-electron chi connectivity index (χ1n) is 8.97. The number of nitrogens with one attached hydrogen (secondary N) is 1. The van der Waals surface area contributed by atoms with Crippen molar-refractivity contribution in [3.8, 4) is 5.75 Å². The van der Waals surface area contributed by atoms with Gasteiger partial charge in [0.15, 0.2) is 11.0 Å². The summed E-state index contributed by atoms with van der Waals surface area (Å²) in [6.07, 6.45) is 2.91. The van der Waals surface area contributed by atoms with E-state index < -0.39 is 15.9 Å². The van der Waals surface area contributed by atoms with E-state index in [9.17, 15) is 13.2 Å². The number of hydroxylamine groups is 1. The van der Waals surface area contributed by atoms with Crippen LogP contribution in [0.1, 0.15) is 15.9 Å². The first-order chi connectivity index (χ1) is 14.9. The number of aromatic nitrogens is 2. The fourth-order valence-electron chi connectivity index (χ4n) is 2.76. The molecule has 0 radical (unpaired) electrons. The Bertz CT molecular complexity index is 1160. The Morgan fingerprint density at radius 2 is 1.84 bits per heavy atom. The van der Waals surface area contributed by atoms with Gasteiger partial charge in [0.25, 0.3) is 15.9 Å². The Labute approximate surface area is 184 Å². The Morgan fingerprint density at radius 1 is 1.16 bits per heavy atom. The molecule has 0 bridgehead atoms. The van der Waals surface area contributed by atoms with Gasteiger partial charge in [-0.1, -0.05) is 42.1 Å². The molecule has 0 saturated heterocycles. The fraction of sp³-hybridized carbons (Fsp3) is 0.150. The second kappa shape index (κ2) is 9.77. The largest absolute Gasteiger partial charge is 0.497 e. The van der Waals surface area contributed by atoms with Crippen LogP contribution >= 0.6 is 11.8 Å².